The van der Waals surface area contributed by atoms with Gasteiger partial charge in [-0.2, -0.15) is 5.26 Å². The molecule has 2 heterocycles. The van der Waals surface area contributed by atoms with Crippen molar-refractivity contribution in [3.8, 4) is 6.07 Å². The van der Waals surface area contributed by atoms with Crippen LogP contribution in [-0.4, -0.2) is 61.9 Å². The Labute approximate surface area is 130 Å². The largest absolute Gasteiger partial charge is 0.353 e. The molecule has 1 aromatic heterocycles. The van der Waals surface area contributed by atoms with E-state index in [4.69, 9.17) is 5.26 Å². The maximum atomic E-state index is 12.2. The van der Waals surface area contributed by atoms with Crippen LogP contribution in [0.25, 0.3) is 0 Å². The molecule has 1 fully saturated rings. The summed E-state index contributed by atoms with van der Waals surface area (Å²) in [6.07, 6.45) is 2.65. The predicted octanol–water partition coefficient (Wildman–Crippen LogP) is 0.0350. The molecule has 7 nitrogen and oxygen atoms in total. The molecule has 0 spiro atoms. The second kappa shape index (κ2) is 6.32. The van der Waals surface area contributed by atoms with Gasteiger partial charge in [-0.15, -0.1) is 0 Å². The first-order valence-corrected chi connectivity index (χ1v) is 8.87. The van der Waals surface area contributed by atoms with E-state index in [1.165, 1.54) is 6.92 Å². The van der Waals surface area contributed by atoms with Crippen molar-refractivity contribution >= 4 is 21.6 Å². The van der Waals surface area contributed by atoms with Crippen LogP contribution >= 0.6 is 0 Å². The molecule has 0 radical (unpaired) electrons. The standard InChI is InChI=1S/C14H18N4O3S/c1-11(22(2,20)21)14(19)18-7-5-17(6-8-18)13-9-12(10-15)3-4-16-13/h3-4,9,11H,5-8H2,1-2H3/t11-/m0/s1. The van der Waals surface area contributed by atoms with Crippen LogP contribution < -0.4 is 4.90 Å². The Bertz CT molecular complexity index is 703. The van der Waals surface area contributed by atoms with Crippen molar-refractivity contribution in [2.75, 3.05) is 37.3 Å². The van der Waals surface area contributed by atoms with Crippen molar-refractivity contribution in [3.63, 3.8) is 0 Å². The number of nitriles is 1. The van der Waals surface area contributed by atoms with E-state index >= 15 is 0 Å². The molecule has 1 saturated heterocycles. The highest BCUT2D eigenvalue weighted by molar-refractivity contribution is 7.92. The number of anilines is 1. The molecule has 118 valence electrons. The van der Waals surface area contributed by atoms with Gasteiger partial charge in [0.1, 0.15) is 11.1 Å². The van der Waals surface area contributed by atoms with Crippen molar-refractivity contribution in [2.24, 2.45) is 0 Å². The molecule has 0 unspecified atom stereocenters. The highest BCUT2D eigenvalue weighted by atomic mass is 32.2. The monoisotopic (exact) mass is 322 g/mol. The Morgan fingerprint density at radius 1 is 1.36 bits per heavy atom. The summed E-state index contributed by atoms with van der Waals surface area (Å²) in [6, 6.07) is 5.41. The Morgan fingerprint density at radius 3 is 2.55 bits per heavy atom. The van der Waals surface area contributed by atoms with Gasteiger partial charge in [0, 0.05) is 38.6 Å². The van der Waals surface area contributed by atoms with Gasteiger partial charge in [-0.1, -0.05) is 0 Å². The molecule has 1 amide bonds. The normalized spacial score (nSPS) is 17.0. The van der Waals surface area contributed by atoms with Gasteiger partial charge >= 0.3 is 0 Å². The number of sulfone groups is 1. The molecule has 1 aromatic rings. The quantitative estimate of drug-likeness (QED) is 0.779. The first kappa shape index (κ1) is 16.2. The average molecular weight is 322 g/mol. The van der Waals surface area contributed by atoms with Gasteiger partial charge in [-0.3, -0.25) is 4.79 Å². The molecule has 1 atom stereocenters. The summed E-state index contributed by atoms with van der Waals surface area (Å²) in [6.45, 7) is 3.42. The molecule has 1 aliphatic rings. The second-order valence-corrected chi connectivity index (χ2v) is 7.66. The zero-order chi connectivity index (χ0) is 16.3. The maximum absolute atomic E-state index is 12.2. The molecule has 0 saturated carbocycles. The number of carbonyl (C=O) groups excluding carboxylic acids is 1. The van der Waals surface area contributed by atoms with Crippen molar-refractivity contribution in [1.82, 2.24) is 9.88 Å². The van der Waals surface area contributed by atoms with Gasteiger partial charge < -0.3 is 9.80 Å². The minimum atomic E-state index is -3.38. The third kappa shape index (κ3) is 3.54. The van der Waals surface area contributed by atoms with E-state index in [1.807, 2.05) is 4.90 Å². The van der Waals surface area contributed by atoms with Gasteiger partial charge in [-0.25, -0.2) is 13.4 Å². The lowest BCUT2D eigenvalue weighted by molar-refractivity contribution is -0.130. The lowest BCUT2D eigenvalue weighted by atomic mass is 10.2. The molecule has 1 aliphatic heterocycles. The zero-order valence-electron chi connectivity index (χ0n) is 12.6. The van der Waals surface area contributed by atoms with Gasteiger partial charge in [0.05, 0.1) is 11.6 Å². The van der Waals surface area contributed by atoms with Crippen molar-refractivity contribution in [1.29, 1.82) is 5.26 Å². The van der Waals surface area contributed by atoms with E-state index in [-0.39, 0.29) is 5.91 Å². The fraction of sp³-hybridized carbons (Fsp3) is 0.500. The van der Waals surface area contributed by atoms with E-state index in [0.717, 1.165) is 6.26 Å². The second-order valence-electron chi connectivity index (χ2n) is 5.30. The summed E-state index contributed by atoms with van der Waals surface area (Å²) in [4.78, 5) is 19.9. The minimum Gasteiger partial charge on any atom is -0.353 e. The topological polar surface area (TPSA) is 94.4 Å². The average Bonchev–Trinajstić information content (AvgIpc) is 2.53. The van der Waals surface area contributed by atoms with Gasteiger partial charge in [-0.05, 0) is 19.1 Å². The molecule has 2 rings (SSSR count). The number of nitrogens with zero attached hydrogens (tertiary/aromatic N) is 4. The van der Waals surface area contributed by atoms with Crippen LogP contribution in [0, 0.1) is 11.3 Å². The maximum Gasteiger partial charge on any atom is 0.240 e. The SMILES string of the molecule is C[C@@H](C(=O)N1CCN(c2cc(C#N)ccn2)CC1)S(C)(=O)=O. The van der Waals surface area contributed by atoms with E-state index in [0.29, 0.717) is 37.6 Å². The smallest absolute Gasteiger partial charge is 0.240 e. The Balaban J connectivity index is 2.01. The van der Waals surface area contributed by atoms with E-state index in [1.54, 1.807) is 23.2 Å². The number of carbonyl (C=O) groups is 1. The van der Waals surface area contributed by atoms with Crippen LogP contribution in [0.15, 0.2) is 18.3 Å². The number of amides is 1. The Hall–Kier alpha value is -2.14. The summed E-state index contributed by atoms with van der Waals surface area (Å²) in [5.41, 5.74) is 0.536. The van der Waals surface area contributed by atoms with Gasteiger partial charge in [0.15, 0.2) is 9.84 Å². The summed E-state index contributed by atoms with van der Waals surface area (Å²) in [5.74, 6) is 0.336. The van der Waals surface area contributed by atoms with Crippen molar-refractivity contribution < 1.29 is 13.2 Å². The lowest BCUT2D eigenvalue weighted by Crippen LogP contribution is -2.52. The molecular weight excluding hydrogens is 304 g/mol. The third-order valence-corrected chi connectivity index (χ3v) is 5.27. The first-order chi connectivity index (χ1) is 10.3. The highest BCUT2D eigenvalue weighted by Gasteiger charge is 2.30. The minimum absolute atomic E-state index is 0.360. The number of pyridine rings is 1. The fourth-order valence-electron chi connectivity index (χ4n) is 2.26. The third-order valence-electron chi connectivity index (χ3n) is 3.78. The number of piperazine rings is 1. The summed E-state index contributed by atoms with van der Waals surface area (Å²) < 4.78 is 22.9. The summed E-state index contributed by atoms with van der Waals surface area (Å²) in [7, 11) is -3.38. The first-order valence-electron chi connectivity index (χ1n) is 6.91. The van der Waals surface area contributed by atoms with E-state index in [9.17, 15) is 13.2 Å². The number of rotatable bonds is 3. The summed E-state index contributed by atoms with van der Waals surface area (Å²) >= 11 is 0. The molecular formula is C14H18N4O3S. The molecule has 8 heteroatoms. The molecule has 0 aliphatic carbocycles. The molecule has 22 heavy (non-hydrogen) atoms. The lowest BCUT2D eigenvalue weighted by Gasteiger charge is -2.36. The van der Waals surface area contributed by atoms with Crippen LogP contribution in [0.5, 0.6) is 0 Å². The highest BCUT2D eigenvalue weighted by Crippen LogP contribution is 2.16. The van der Waals surface area contributed by atoms with E-state index < -0.39 is 15.1 Å². The predicted molar refractivity (Wildman–Crippen MR) is 82.1 cm³/mol. The van der Waals surface area contributed by atoms with Crippen LogP contribution in [0.4, 0.5) is 5.82 Å². The summed E-state index contributed by atoms with van der Waals surface area (Å²) in [5, 5.41) is 7.89. The van der Waals surface area contributed by atoms with Crippen LogP contribution in [0.3, 0.4) is 0 Å². The van der Waals surface area contributed by atoms with Gasteiger partial charge in [0.2, 0.25) is 5.91 Å². The van der Waals surface area contributed by atoms with Gasteiger partial charge in [0.25, 0.3) is 0 Å². The Kier molecular flexibility index (Phi) is 4.66. The van der Waals surface area contributed by atoms with Crippen LogP contribution in [0.1, 0.15) is 12.5 Å². The molecule has 0 bridgehead atoms. The number of hydrogen-bond donors (Lipinski definition) is 0. The van der Waals surface area contributed by atoms with Crippen LogP contribution in [-0.2, 0) is 14.6 Å². The molecule has 0 aromatic carbocycles. The number of hydrogen-bond acceptors (Lipinski definition) is 6. The molecule has 0 N–H and O–H groups in total. The van der Waals surface area contributed by atoms with E-state index in [2.05, 4.69) is 11.1 Å². The van der Waals surface area contributed by atoms with Crippen molar-refractivity contribution in [3.05, 3.63) is 23.9 Å². The zero-order valence-corrected chi connectivity index (χ0v) is 13.4. The van der Waals surface area contributed by atoms with Crippen LogP contribution in [0.2, 0.25) is 0 Å². The Morgan fingerprint density at radius 2 is 2.00 bits per heavy atom. The fourth-order valence-corrected chi connectivity index (χ4v) is 2.77. The number of aromatic nitrogens is 1. The van der Waals surface area contributed by atoms with Crippen molar-refractivity contribution in [2.45, 2.75) is 12.2 Å².